The normalized spacial score (nSPS) is 18.7. The molecule has 0 unspecified atom stereocenters. The summed E-state index contributed by atoms with van der Waals surface area (Å²) in [5.74, 6) is 0.611. The number of amides is 2. The highest BCUT2D eigenvalue weighted by Crippen LogP contribution is 2.19. The number of nitrogens with one attached hydrogen (secondary N) is 2. The molecule has 0 bridgehead atoms. The van der Waals surface area contributed by atoms with Crippen molar-refractivity contribution in [1.29, 1.82) is 0 Å². The summed E-state index contributed by atoms with van der Waals surface area (Å²) in [6, 6.07) is 9.82. The second-order valence-electron chi connectivity index (χ2n) is 9.09. The Morgan fingerprint density at radius 1 is 1.21 bits per heavy atom. The van der Waals surface area contributed by atoms with Crippen LogP contribution < -0.4 is 10.7 Å². The molecule has 2 amide bonds. The van der Waals surface area contributed by atoms with Gasteiger partial charge in [0.1, 0.15) is 11.6 Å². The topological polar surface area (TPSA) is 70.7 Å². The zero-order valence-electron chi connectivity index (χ0n) is 17.8. The number of benzene rings is 1. The number of carbonyl (C=O) groups excluding carboxylic acids is 2. The summed E-state index contributed by atoms with van der Waals surface area (Å²) in [4.78, 5) is 24.9. The highest BCUT2D eigenvalue weighted by atomic mass is 16.6. The summed E-state index contributed by atoms with van der Waals surface area (Å²) in [6.07, 6.45) is 2.06. The lowest BCUT2D eigenvalue weighted by Crippen LogP contribution is -2.53. The fourth-order valence-corrected chi connectivity index (χ4v) is 3.43. The Morgan fingerprint density at radius 2 is 1.89 bits per heavy atom. The zero-order chi connectivity index (χ0) is 20.7. The van der Waals surface area contributed by atoms with E-state index in [9.17, 15) is 9.59 Å². The summed E-state index contributed by atoms with van der Waals surface area (Å²) >= 11 is 0. The van der Waals surface area contributed by atoms with E-state index in [1.54, 1.807) is 20.8 Å². The lowest BCUT2D eigenvalue weighted by Gasteiger charge is -2.26. The molecule has 0 saturated carbocycles. The van der Waals surface area contributed by atoms with E-state index in [0.717, 1.165) is 25.9 Å². The van der Waals surface area contributed by atoms with Crippen LogP contribution in [-0.4, -0.2) is 41.7 Å². The van der Waals surface area contributed by atoms with Gasteiger partial charge in [0, 0.05) is 13.1 Å². The number of hydrogen-bond donors (Lipinski definition) is 2. The molecule has 1 fully saturated rings. The van der Waals surface area contributed by atoms with Crippen molar-refractivity contribution in [2.45, 2.75) is 65.5 Å². The van der Waals surface area contributed by atoms with Gasteiger partial charge < -0.3 is 10.1 Å². The van der Waals surface area contributed by atoms with Crippen LogP contribution in [-0.2, 0) is 16.0 Å². The van der Waals surface area contributed by atoms with E-state index < -0.39 is 17.7 Å². The van der Waals surface area contributed by atoms with Crippen LogP contribution in [0.3, 0.4) is 0 Å². The van der Waals surface area contributed by atoms with Crippen molar-refractivity contribution in [3.05, 3.63) is 35.9 Å². The van der Waals surface area contributed by atoms with Gasteiger partial charge in [0.25, 0.3) is 5.91 Å². The second kappa shape index (κ2) is 9.92. The largest absolute Gasteiger partial charge is 0.444 e. The van der Waals surface area contributed by atoms with Gasteiger partial charge in [0.05, 0.1) is 0 Å². The van der Waals surface area contributed by atoms with Crippen LogP contribution in [0.15, 0.2) is 30.3 Å². The number of hydrazine groups is 1. The van der Waals surface area contributed by atoms with Gasteiger partial charge in [-0.1, -0.05) is 44.2 Å². The van der Waals surface area contributed by atoms with Crippen LogP contribution in [0.2, 0.25) is 0 Å². The first-order valence-corrected chi connectivity index (χ1v) is 10.2. The molecule has 1 aromatic rings. The van der Waals surface area contributed by atoms with Crippen molar-refractivity contribution in [2.24, 2.45) is 11.8 Å². The first-order chi connectivity index (χ1) is 13.1. The van der Waals surface area contributed by atoms with E-state index in [2.05, 4.69) is 35.0 Å². The molecule has 0 spiro atoms. The van der Waals surface area contributed by atoms with E-state index in [4.69, 9.17) is 4.74 Å². The SMILES string of the molecule is CC(C)C[C@H](NC(=O)OC(C)(C)C)C(=O)NN1CC[C@H](Cc2ccccc2)C1. The smallest absolute Gasteiger partial charge is 0.408 e. The molecular weight excluding hydrogens is 354 g/mol. The van der Waals surface area contributed by atoms with Crippen molar-refractivity contribution in [3.8, 4) is 0 Å². The predicted octanol–water partition coefficient (Wildman–Crippen LogP) is 3.52. The van der Waals surface area contributed by atoms with Gasteiger partial charge in [-0.05, 0) is 57.4 Å². The molecule has 1 aromatic carbocycles. The predicted molar refractivity (Wildman–Crippen MR) is 111 cm³/mol. The molecule has 0 radical (unpaired) electrons. The minimum Gasteiger partial charge on any atom is -0.444 e. The molecule has 1 aliphatic rings. The Balaban J connectivity index is 1.87. The van der Waals surface area contributed by atoms with Gasteiger partial charge >= 0.3 is 6.09 Å². The summed E-state index contributed by atoms with van der Waals surface area (Å²) < 4.78 is 5.31. The van der Waals surface area contributed by atoms with E-state index in [-0.39, 0.29) is 11.8 Å². The highest BCUT2D eigenvalue weighted by Gasteiger charge is 2.29. The van der Waals surface area contributed by atoms with Crippen LogP contribution in [0.5, 0.6) is 0 Å². The number of carbonyl (C=O) groups is 2. The Kier molecular flexibility index (Phi) is 7.87. The van der Waals surface area contributed by atoms with E-state index in [1.165, 1.54) is 5.56 Å². The molecule has 28 heavy (non-hydrogen) atoms. The molecule has 156 valence electrons. The summed E-state index contributed by atoms with van der Waals surface area (Å²) in [7, 11) is 0. The highest BCUT2D eigenvalue weighted by molar-refractivity contribution is 5.85. The van der Waals surface area contributed by atoms with Crippen molar-refractivity contribution in [2.75, 3.05) is 13.1 Å². The van der Waals surface area contributed by atoms with Crippen LogP contribution in [0.4, 0.5) is 4.79 Å². The molecule has 2 atom stereocenters. The molecule has 2 N–H and O–H groups in total. The maximum absolute atomic E-state index is 12.8. The molecule has 6 heteroatoms. The average Bonchev–Trinajstić information content (AvgIpc) is 3.00. The number of hydrogen-bond acceptors (Lipinski definition) is 4. The summed E-state index contributed by atoms with van der Waals surface area (Å²) in [5, 5.41) is 4.70. The standard InChI is InChI=1S/C22H35N3O3/c1-16(2)13-19(23-21(27)28-22(3,4)5)20(26)24-25-12-11-18(15-25)14-17-9-7-6-8-10-17/h6-10,16,18-19H,11-15H2,1-5H3,(H,23,27)(H,24,26)/t18-,19+/m1/s1. The van der Waals surface area contributed by atoms with E-state index in [1.807, 2.05) is 24.9 Å². The Labute approximate surface area is 169 Å². The fraction of sp³-hybridized carbons (Fsp3) is 0.636. The molecule has 0 aliphatic carbocycles. The van der Waals surface area contributed by atoms with Gasteiger partial charge in [-0.3, -0.25) is 10.2 Å². The Bertz CT molecular complexity index is 640. The first kappa shape index (κ1) is 22.2. The number of nitrogens with zero attached hydrogens (tertiary/aromatic N) is 1. The number of rotatable bonds is 7. The fourth-order valence-electron chi connectivity index (χ4n) is 3.43. The third kappa shape index (κ3) is 7.89. The maximum Gasteiger partial charge on any atom is 0.408 e. The third-order valence-electron chi connectivity index (χ3n) is 4.64. The monoisotopic (exact) mass is 389 g/mol. The second-order valence-corrected chi connectivity index (χ2v) is 9.09. The number of alkyl carbamates (subject to hydrolysis) is 1. The lowest BCUT2D eigenvalue weighted by molar-refractivity contribution is -0.128. The van der Waals surface area contributed by atoms with Crippen molar-refractivity contribution < 1.29 is 14.3 Å². The first-order valence-electron chi connectivity index (χ1n) is 10.2. The van der Waals surface area contributed by atoms with Crippen molar-refractivity contribution in [1.82, 2.24) is 15.8 Å². The molecular formula is C22H35N3O3. The number of ether oxygens (including phenoxy) is 1. The lowest BCUT2D eigenvalue weighted by atomic mass is 9.99. The maximum atomic E-state index is 12.8. The molecule has 1 saturated heterocycles. The zero-order valence-corrected chi connectivity index (χ0v) is 17.8. The molecule has 1 aliphatic heterocycles. The van der Waals surface area contributed by atoms with Crippen molar-refractivity contribution in [3.63, 3.8) is 0 Å². The van der Waals surface area contributed by atoms with Crippen LogP contribution >= 0.6 is 0 Å². The van der Waals surface area contributed by atoms with Gasteiger partial charge in [-0.2, -0.15) is 0 Å². The minimum absolute atomic E-state index is 0.181. The molecule has 1 heterocycles. The van der Waals surface area contributed by atoms with E-state index >= 15 is 0 Å². The Hall–Kier alpha value is -2.08. The summed E-state index contributed by atoms with van der Waals surface area (Å²) in [6.45, 7) is 11.1. The van der Waals surface area contributed by atoms with Gasteiger partial charge in [0.15, 0.2) is 0 Å². The minimum atomic E-state index is -0.608. The third-order valence-corrected chi connectivity index (χ3v) is 4.64. The van der Waals surface area contributed by atoms with Crippen LogP contribution in [0.25, 0.3) is 0 Å². The quantitative estimate of drug-likeness (QED) is 0.748. The summed E-state index contributed by atoms with van der Waals surface area (Å²) in [5.41, 5.74) is 3.72. The van der Waals surface area contributed by atoms with Crippen molar-refractivity contribution >= 4 is 12.0 Å². The average molecular weight is 390 g/mol. The van der Waals surface area contributed by atoms with Gasteiger partial charge in [0.2, 0.25) is 0 Å². The van der Waals surface area contributed by atoms with E-state index in [0.29, 0.717) is 12.3 Å². The van der Waals surface area contributed by atoms with Gasteiger partial charge in [-0.15, -0.1) is 0 Å². The van der Waals surface area contributed by atoms with Crippen LogP contribution in [0.1, 0.15) is 53.0 Å². The Morgan fingerprint density at radius 3 is 2.50 bits per heavy atom. The van der Waals surface area contributed by atoms with Crippen LogP contribution in [0, 0.1) is 11.8 Å². The molecule has 6 nitrogen and oxygen atoms in total. The molecule has 0 aromatic heterocycles. The molecule has 2 rings (SSSR count). The van der Waals surface area contributed by atoms with Gasteiger partial charge in [-0.25, -0.2) is 9.80 Å².